The minimum Gasteiger partial charge on any atom is -0.485 e. The molecule has 1 aliphatic rings. The molecule has 0 N–H and O–H groups in total. The summed E-state index contributed by atoms with van der Waals surface area (Å²) in [6.45, 7) is 2.18. The van der Waals surface area contributed by atoms with Gasteiger partial charge in [0.25, 0.3) is 0 Å². The molecule has 1 aromatic heterocycles. The largest absolute Gasteiger partial charge is 0.485 e. The van der Waals surface area contributed by atoms with Crippen LogP contribution in [-0.4, -0.2) is 26.3 Å². The number of nitrogens with zero attached hydrogens (tertiary/aromatic N) is 1. The lowest BCUT2D eigenvalue weighted by Gasteiger charge is -2.27. The molecule has 0 aliphatic carbocycles. The van der Waals surface area contributed by atoms with Gasteiger partial charge in [0.2, 0.25) is 0 Å². The number of alkyl halides is 3. The molecule has 0 unspecified atom stereocenters. The van der Waals surface area contributed by atoms with E-state index in [1.54, 1.807) is 24.3 Å². The molecule has 5 nitrogen and oxygen atoms in total. The molecule has 2 aromatic carbocycles. The Bertz CT molecular complexity index is 1070. The van der Waals surface area contributed by atoms with E-state index in [9.17, 15) is 18.0 Å². The Kier molecular flexibility index (Phi) is 5.19. The number of halogens is 3. The molecule has 152 valence electrons. The SMILES string of the molecule is O=c1cc(N2CCOCC2)oc2c(OCc3cccc(C(F)(F)F)c3)cccc12. The number of morpholine rings is 1. The molecule has 0 atom stereocenters. The highest BCUT2D eigenvalue weighted by Crippen LogP contribution is 2.31. The van der Waals surface area contributed by atoms with Crippen LogP contribution in [0.5, 0.6) is 5.75 Å². The van der Waals surface area contributed by atoms with Crippen LogP contribution in [0.1, 0.15) is 11.1 Å². The molecule has 0 amide bonds. The van der Waals surface area contributed by atoms with E-state index in [0.717, 1.165) is 12.1 Å². The van der Waals surface area contributed by atoms with E-state index in [1.165, 1.54) is 12.1 Å². The van der Waals surface area contributed by atoms with Crippen LogP contribution in [0.3, 0.4) is 0 Å². The molecular weight excluding hydrogens is 387 g/mol. The Balaban J connectivity index is 1.63. The number of rotatable bonds is 4. The van der Waals surface area contributed by atoms with Crippen molar-refractivity contribution in [2.24, 2.45) is 0 Å². The van der Waals surface area contributed by atoms with Gasteiger partial charge in [-0.2, -0.15) is 13.2 Å². The second-order valence-corrected chi connectivity index (χ2v) is 6.67. The Morgan fingerprint density at radius 2 is 1.79 bits per heavy atom. The van der Waals surface area contributed by atoms with Crippen LogP contribution < -0.4 is 15.1 Å². The van der Waals surface area contributed by atoms with E-state index in [4.69, 9.17) is 13.9 Å². The topological polar surface area (TPSA) is 51.9 Å². The molecule has 0 bridgehead atoms. The lowest BCUT2D eigenvalue weighted by molar-refractivity contribution is -0.137. The first kappa shape index (κ1) is 19.3. The second-order valence-electron chi connectivity index (χ2n) is 6.67. The number of para-hydroxylation sites is 1. The number of hydrogen-bond acceptors (Lipinski definition) is 5. The number of benzene rings is 2. The third-order valence-electron chi connectivity index (χ3n) is 4.68. The summed E-state index contributed by atoms with van der Waals surface area (Å²) >= 11 is 0. The van der Waals surface area contributed by atoms with Gasteiger partial charge in [0, 0.05) is 19.2 Å². The molecule has 3 aromatic rings. The number of fused-ring (bicyclic) bond motifs is 1. The quantitative estimate of drug-likeness (QED) is 0.650. The smallest absolute Gasteiger partial charge is 0.416 e. The first-order valence-electron chi connectivity index (χ1n) is 9.10. The average molecular weight is 405 g/mol. The van der Waals surface area contributed by atoms with Gasteiger partial charge in [0.1, 0.15) is 6.61 Å². The molecule has 0 radical (unpaired) electrons. The van der Waals surface area contributed by atoms with Crippen molar-refractivity contribution in [3.63, 3.8) is 0 Å². The van der Waals surface area contributed by atoms with Gasteiger partial charge in [-0.3, -0.25) is 4.79 Å². The molecule has 1 fully saturated rings. The zero-order chi connectivity index (χ0) is 20.4. The maximum absolute atomic E-state index is 12.9. The van der Waals surface area contributed by atoms with Crippen molar-refractivity contribution >= 4 is 16.9 Å². The number of hydrogen-bond donors (Lipinski definition) is 0. The highest BCUT2D eigenvalue weighted by atomic mass is 19.4. The van der Waals surface area contributed by atoms with Crippen molar-refractivity contribution in [3.8, 4) is 5.75 Å². The third-order valence-corrected chi connectivity index (χ3v) is 4.68. The van der Waals surface area contributed by atoms with Crippen molar-refractivity contribution in [1.82, 2.24) is 0 Å². The van der Waals surface area contributed by atoms with Crippen LogP contribution in [0, 0.1) is 0 Å². The lowest BCUT2D eigenvalue weighted by atomic mass is 10.1. The van der Waals surface area contributed by atoms with E-state index < -0.39 is 11.7 Å². The van der Waals surface area contributed by atoms with E-state index >= 15 is 0 Å². The van der Waals surface area contributed by atoms with E-state index in [0.29, 0.717) is 48.9 Å². The standard InChI is InChI=1S/C21H18F3NO4/c22-21(23,24)15-4-1-3-14(11-15)13-28-18-6-2-5-16-17(26)12-19(29-20(16)18)25-7-9-27-10-8-25/h1-6,11-12H,7-10,13H2. The summed E-state index contributed by atoms with van der Waals surface area (Å²) in [4.78, 5) is 14.4. The Morgan fingerprint density at radius 1 is 1.03 bits per heavy atom. The van der Waals surface area contributed by atoms with E-state index in [1.807, 2.05) is 4.90 Å². The predicted molar refractivity (Wildman–Crippen MR) is 101 cm³/mol. The molecule has 1 saturated heterocycles. The van der Waals surface area contributed by atoms with Crippen LogP contribution >= 0.6 is 0 Å². The van der Waals surface area contributed by atoms with E-state index in [-0.39, 0.29) is 17.6 Å². The molecule has 0 spiro atoms. The number of ether oxygens (including phenoxy) is 2. The first-order valence-corrected chi connectivity index (χ1v) is 9.10. The van der Waals surface area contributed by atoms with Crippen molar-refractivity contribution < 1.29 is 27.1 Å². The van der Waals surface area contributed by atoms with Gasteiger partial charge in [-0.25, -0.2) is 0 Å². The summed E-state index contributed by atoms with van der Waals surface area (Å²) in [5.41, 5.74) is -0.313. The normalized spacial score (nSPS) is 14.9. The molecule has 2 heterocycles. The fourth-order valence-corrected chi connectivity index (χ4v) is 3.19. The Hall–Kier alpha value is -3.00. The van der Waals surface area contributed by atoms with Crippen LogP contribution in [-0.2, 0) is 17.5 Å². The maximum atomic E-state index is 12.9. The first-order chi connectivity index (χ1) is 13.9. The van der Waals surface area contributed by atoms with Gasteiger partial charge in [-0.15, -0.1) is 0 Å². The molecule has 29 heavy (non-hydrogen) atoms. The van der Waals surface area contributed by atoms with Crippen molar-refractivity contribution in [1.29, 1.82) is 0 Å². The minimum atomic E-state index is -4.42. The minimum absolute atomic E-state index is 0.0888. The van der Waals surface area contributed by atoms with Gasteiger partial charge in [0.05, 0.1) is 24.2 Å². The summed E-state index contributed by atoms with van der Waals surface area (Å²) in [7, 11) is 0. The molecular formula is C21H18F3NO4. The molecule has 4 rings (SSSR count). The summed E-state index contributed by atoms with van der Waals surface area (Å²) in [5.74, 6) is 0.716. The second kappa shape index (κ2) is 7.79. The lowest BCUT2D eigenvalue weighted by Crippen LogP contribution is -2.36. The molecule has 8 heteroatoms. The fourth-order valence-electron chi connectivity index (χ4n) is 3.19. The third kappa shape index (κ3) is 4.22. The van der Waals surface area contributed by atoms with Gasteiger partial charge in [0.15, 0.2) is 22.6 Å². The fraction of sp³-hybridized carbons (Fsp3) is 0.286. The summed E-state index contributed by atoms with van der Waals surface area (Å²) in [6, 6.07) is 11.3. The van der Waals surface area contributed by atoms with Gasteiger partial charge >= 0.3 is 6.18 Å². The number of anilines is 1. The van der Waals surface area contributed by atoms with Gasteiger partial charge in [-0.1, -0.05) is 18.2 Å². The maximum Gasteiger partial charge on any atom is 0.416 e. The average Bonchev–Trinajstić information content (AvgIpc) is 2.72. The Morgan fingerprint density at radius 3 is 2.55 bits per heavy atom. The van der Waals surface area contributed by atoms with Crippen molar-refractivity contribution in [3.05, 3.63) is 69.9 Å². The molecule has 1 aliphatic heterocycles. The molecule has 0 saturated carbocycles. The van der Waals surface area contributed by atoms with Crippen molar-refractivity contribution in [2.45, 2.75) is 12.8 Å². The monoisotopic (exact) mass is 405 g/mol. The summed E-state index contributed by atoms with van der Waals surface area (Å²) in [5, 5.41) is 0.351. The van der Waals surface area contributed by atoms with E-state index in [2.05, 4.69) is 0 Å². The van der Waals surface area contributed by atoms with Crippen LogP contribution in [0.15, 0.2) is 57.7 Å². The summed E-state index contributed by atoms with van der Waals surface area (Å²) in [6.07, 6.45) is -4.42. The van der Waals surface area contributed by atoms with Crippen LogP contribution in [0.2, 0.25) is 0 Å². The van der Waals surface area contributed by atoms with Crippen LogP contribution in [0.4, 0.5) is 19.1 Å². The highest BCUT2D eigenvalue weighted by Gasteiger charge is 2.30. The highest BCUT2D eigenvalue weighted by molar-refractivity contribution is 5.83. The predicted octanol–water partition coefficient (Wildman–Crippen LogP) is 4.23. The summed E-state index contributed by atoms with van der Waals surface area (Å²) < 4.78 is 55.7. The van der Waals surface area contributed by atoms with Crippen LogP contribution in [0.25, 0.3) is 11.0 Å². The van der Waals surface area contributed by atoms with Gasteiger partial charge < -0.3 is 18.8 Å². The van der Waals surface area contributed by atoms with Gasteiger partial charge in [-0.05, 0) is 29.8 Å². The zero-order valence-corrected chi connectivity index (χ0v) is 15.4. The van der Waals surface area contributed by atoms with Crippen molar-refractivity contribution in [2.75, 3.05) is 31.2 Å². The Labute approximate surface area is 164 Å². The zero-order valence-electron chi connectivity index (χ0n) is 15.4.